The van der Waals surface area contributed by atoms with Crippen LogP contribution in [0.4, 0.5) is 0 Å². The highest BCUT2D eigenvalue weighted by Gasteiger charge is 2.23. The van der Waals surface area contributed by atoms with Crippen molar-refractivity contribution in [2.75, 3.05) is 6.61 Å². The van der Waals surface area contributed by atoms with Gasteiger partial charge >= 0.3 is 0 Å². The first-order chi connectivity index (χ1) is 12.7. The summed E-state index contributed by atoms with van der Waals surface area (Å²) in [7, 11) is 0. The number of fused-ring (bicyclic) bond motifs is 1. The van der Waals surface area contributed by atoms with Crippen LogP contribution in [-0.4, -0.2) is 22.3 Å². The van der Waals surface area contributed by atoms with Gasteiger partial charge in [0.1, 0.15) is 12.4 Å². The van der Waals surface area contributed by atoms with Crippen LogP contribution in [-0.2, 0) is 13.0 Å². The molecule has 0 aliphatic carbocycles. The molecule has 0 spiro atoms. The molecule has 0 radical (unpaired) electrons. The second-order valence-corrected chi connectivity index (χ2v) is 6.33. The van der Waals surface area contributed by atoms with Gasteiger partial charge in [-0.1, -0.05) is 43.3 Å². The molecule has 1 aliphatic heterocycles. The second kappa shape index (κ2) is 7.04. The third-order valence-corrected chi connectivity index (χ3v) is 4.51. The monoisotopic (exact) mass is 348 g/mol. The van der Waals surface area contributed by atoms with Crippen LogP contribution >= 0.6 is 0 Å². The Balaban J connectivity index is 1.37. The molecule has 0 bridgehead atoms. The first-order valence-corrected chi connectivity index (χ1v) is 8.77. The van der Waals surface area contributed by atoms with Gasteiger partial charge in [0.25, 0.3) is 11.6 Å². The molecule has 132 valence electrons. The highest BCUT2D eigenvalue weighted by Crippen LogP contribution is 2.24. The summed E-state index contributed by atoms with van der Waals surface area (Å²) in [6.07, 6.45) is 2.60. The maximum absolute atomic E-state index is 11.3. The van der Waals surface area contributed by atoms with Crippen molar-refractivity contribution in [3.8, 4) is 22.9 Å². The van der Waals surface area contributed by atoms with E-state index in [1.807, 2.05) is 16.7 Å². The molecule has 1 unspecified atom stereocenters. The lowest BCUT2D eigenvalue weighted by molar-refractivity contribution is 0.143. The Morgan fingerprint density at radius 2 is 1.77 bits per heavy atom. The fraction of sp³-hybridized carbons (Fsp3) is 0.238. The molecule has 0 saturated carbocycles. The molecule has 2 aromatic carbocycles. The SMILES string of the molecule is CCc1ccc(-c2ccc(OCC3Cn4ccc(=O)nc4O3)cc2)cc1. The minimum absolute atomic E-state index is 0.148. The maximum Gasteiger partial charge on any atom is 0.300 e. The molecule has 26 heavy (non-hydrogen) atoms. The molecule has 0 N–H and O–H groups in total. The average Bonchev–Trinajstić information content (AvgIpc) is 3.09. The van der Waals surface area contributed by atoms with Crippen LogP contribution in [0.3, 0.4) is 0 Å². The van der Waals surface area contributed by atoms with Crippen molar-refractivity contribution in [3.05, 3.63) is 76.7 Å². The van der Waals surface area contributed by atoms with E-state index in [-0.39, 0.29) is 11.7 Å². The number of ether oxygens (including phenoxy) is 2. The van der Waals surface area contributed by atoms with Crippen LogP contribution in [0.1, 0.15) is 12.5 Å². The predicted octanol–water partition coefficient (Wildman–Crippen LogP) is 3.31. The van der Waals surface area contributed by atoms with E-state index in [0.29, 0.717) is 19.2 Å². The molecule has 1 aliphatic rings. The largest absolute Gasteiger partial charge is 0.490 e. The fourth-order valence-electron chi connectivity index (χ4n) is 3.00. The average molecular weight is 348 g/mol. The Bertz CT molecular complexity index is 946. The van der Waals surface area contributed by atoms with E-state index in [0.717, 1.165) is 17.7 Å². The highest BCUT2D eigenvalue weighted by atomic mass is 16.6. The number of hydrogen-bond acceptors (Lipinski definition) is 4. The molecule has 5 nitrogen and oxygen atoms in total. The Kier molecular flexibility index (Phi) is 4.44. The smallest absolute Gasteiger partial charge is 0.300 e. The summed E-state index contributed by atoms with van der Waals surface area (Å²) in [5.74, 6) is 0.793. The fourth-order valence-corrected chi connectivity index (χ4v) is 3.00. The van der Waals surface area contributed by atoms with Crippen molar-refractivity contribution in [2.45, 2.75) is 26.0 Å². The summed E-state index contributed by atoms with van der Waals surface area (Å²) >= 11 is 0. The molecule has 5 heteroatoms. The van der Waals surface area contributed by atoms with Crippen molar-refractivity contribution >= 4 is 0 Å². The van der Waals surface area contributed by atoms with E-state index in [1.165, 1.54) is 17.2 Å². The lowest BCUT2D eigenvalue weighted by Crippen LogP contribution is -2.23. The molecule has 1 aromatic heterocycles. The first-order valence-electron chi connectivity index (χ1n) is 8.77. The molecule has 0 fully saturated rings. The molecule has 1 atom stereocenters. The number of aryl methyl sites for hydroxylation is 1. The Hall–Kier alpha value is -3.08. The van der Waals surface area contributed by atoms with Crippen LogP contribution in [0.25, 0.3) is 11.1 Å². The first kappa shape index (κ1) is 16.4. The van der Waals surface area contributed by atoms with E-state index < -0.39 is 0 Å². The minimum Gasteiger partial charge on any atom is -0.490 e. The van der Waals surface area contributed by atoms with Crippen molar-refractivity contribution in [2.24, 2.45) is 0 Å². The normalized spacial score (nSPS) is 15.3. The number of benzene rings is 2. The second-order valence-electron chi connectivity index (χ2n) is 6.33. The van der Waals surface area contributed by atoms with Crippen molar-refractivity contribution in [3.63, 3.8) is 0 Å². The van der Waals surface area contributed by atoms with E-state index in [2.05, 4.69) is 48.3 Å². The summed E-state index contributed by atoms with van der Waals surface area (Å²) in [6, 6.07) is 18.4. The van der Waals surface area contributed by atoms with Crippen LogP contribution in [0, 0.1) is 0 Å². The van der Waals surface area contributed by atoms with Crippen molar-refractivity contribution in [1.82, 2.24) is 9.55 Å². The van der Waals surface area contributed by atoms with Gasteiger partial charge in [-0.15, -0.1) is 0 Å². The van der Waals surface area contributed by atoms with E-state index in [9.17, 15) is 4.79 Å². The quantitative estimate of drug-likeness (QED) is 0.710. The molecular weight excluding hydrogens is 328 g/mol. The van der Waals surface area contributed by atoms with E-state index in [4.69, 9.17) is 9.47 Å². The molecule has 2 heterocycles. The van der Waals surface area contributed by atoms with Crippen LogP contribution in [0.5, 0.6) is 11.8 Å². The summed E-state index contributed by atoms with van der Waals surface area (Å²) in [5.41, 5.74) is 3.40. The van der Waals surface area contributed by atoms with Gasteiger partial charge in [-0.25, -0.2) is 0 Å². The van der Waals surface area contributed by atoms with Gasteiger partial charge in [0.05, 0.1) is 6.54 Å². The Morgan fingerprint density at radius 3 is 2.46 bits per heavy atom. The third-order valence-electron chi connectivity index (χ3n) is 4.51. The number of rotatable bonds is 5. The predicted molar refractivity (Wildman–Crippen MR) is 99.7 cm³/mol. The van der Waals surface area contributed by atoms with E-state index in [1.54, 1.807) is 6.20 Å². The van der Waals surface area contributed by atoms with Crippen LogP contribution in [0.2, 0.25) is 0 Å². The van der Waals surface area contributed by atoms with Crippen LogP contribution in [0.15, 0.2) is 65.6 Å². The Morgan fingerprint density at radius 1 is 1.08 bits per heavy atom. The van der Waals surface area contributed by atoms with Gasteiger partial charge in [0.15, 0.2) is 6.10 Å². The lowest BCUT2D eigenvalue weighted by atomic mass is 10.0. The van der Waals surface area contributed by atoms with E-state index >= 15 is 0 Å². The van der Waals surface area contributed by atoms with Crippen molar-refractivity contribution < 1.29 is 9.47 Å². The molecule has 4 rings (SSSR count). The van der Waals surface area contributed by atoms with Gasteiger partial charge in [0, 0.05) is 12.3 Å². The Labute approximate surface area is 151 Å². The highest BCUT2D eigenvalue weighted by molar-refractivity contribution is 5.64. The van der Waals surface area contributed by atoms with Gasteiger partial charge in [-0.05, 0) is 35.2 Å². The third kappa shape index (κ3) is 3.47. The molecule has 0 amide bonds. The molecular formula is C21H20N2O3. The van der Waals surface area contributed by atoms with Gasteiger partial charge in [-0.2, -0.15) is 4.98 Å². The van der Waals surface area contributed by atoms with Crippen molar-refractivity contribution in [1.29, 1.82) is 0 Å². The summed E-state index contributed by atoms with van der Waals surface area (Å²) in [6.45, 7) is 3.19. The zero-order valence-electron chi connectivity index (χ0n) is 14.6. The summed E-state index contributed by atoms with van der Waals surface area (Å²) < 4.78 is 13.3. The van der Waals surface area contributed by atoms with Gasteiger partial charge in [-0.3, -0.25) is 9.36 Å². The standard InChI is InChI=1S/C21H20N2O3/c1-2-15-3-5-16(6-4-15)17-7-9-18(10-8-17)25-14-19-13-23-12-11-20(24)22-21(23)26-19/h3-12,19H,2,13-14H2,1H3. The summed E-state index contributed by atoms with van der Waals surface area (Å²) in [4.78, 5) is 15.1. The lowest BCUT2D eigenvalue weighted by Gasteiger charge is -2.11. The zero-order chi connectivity index (χ0) is 17.9. The minimum atomic E-state index is -0.291. The molecule has 3 aromatic rings. The maximum atomic E-state index is 11.3. The number of aromatic nitrogens is 2. The number of nitrogens with zero attached hydrogens (tertiary/aromatic N) is 2. The molecule has 0 saturated heterocycles. The topological polar surface area (TPSA) is 53.4 Å². The van der Waals surface area contributed by atoms with Gasteiger partial charge < -0.3 is 9.47 Å². The van der Waals surface area contributed by atoms with Gasteiger partial charge in [0.2, 0.25) is 0 Å². The zero-order valence-corrected chi connectivity index (χ0v) is 14.6. The number of hydrogen-bond donors (Lipinski definition) is 0. The summed E-state index contributed by atoms with van der Waals surface area (Å²) in [5, 5.41) is 0. The van der Waals surface area contributed by atoms with Crippen LogP contribution < -0.4 is 15.0 Å².